The summed E-state index contributed by atoms with van der Waals surface area (Å²) in [6, 6.07) is 14.2. The highest BCUT2D eigenvalue weighted by molar-refractivity contribution is 7.80. The van der Waals surface area contributed by atoms with E-state index >= 15 is 0 Å². The van der Waals surface area contributed by atoms with Gasteiger partial charge in [-0.2, -0.15) is 0 Å². The van der Waals surface area contributed by atoms with E-state index in [1.807, 2.05) is 17.9 Å². The van der Waals surface area contributed by atoms with E-state index in [4.69, 9.17) is 17.0 Å². The topological polar surface area (TPSA) is 73.9 Å². The molecule has 3 rings (SSSR count). The number of hydrogen-bond acceptors (Lipinski definition) is 5. The van der Waals surface area contributed by atoms with Crippen molar-refractivity contribution in [3.8, 4) is 5.75 Å². The zero-order chi connectivity index (χ0) is 22.2. The highest BCUT2D eigenvalue weighted by Gasteiger charge is 2.20. The molecule has 0 bridgehead atoms. The summed E-state index contributed by atoms with van der Waals surface area (Å²) < 4.78 is 5.64. The molecule has 0 saturated carbocycles. The van der Waals surface area contributed by atoms with E-state index in [1.54, 1.807) is 42.5 Å². The minimum absolute atomic E-state index is 0.00583. The van der Waals surface area contributed by atoms with E-state index in [-0.39, 0.29) is 16.9 Å². The van der Waals surface area contributed by atoms with Crippen molar-refractivity contribution in [3.63, 3.8) is 0 Å². The van der Waals surface area contributed by atoms with Crippen molar-refractivity contribution in [2.45, 2.75) is 13.3 Å². The Hall–Kier alpha value is -2.97. The standard InChI is InChI=1S/C23H28N4O3S/c1-3-15-30-20-10-5-4-9-19(20)21(28)25-23(31)24-18-8-6-7-17(16-18)22(29)27-13-11-26(2)12-14-27/h4-10,16H,3,11-15H2,1-2H3,(H2,24,25,28,31). The van der Waals surface area contributed by atoms with E-state index in [2.05, 4.69) is 22.6 Å². The Labute approximate surface area is 188 Å². The molecule has 1 aliphatic heterocycles. The fourth-order valence-corrected chi connectivity index (χ4v) is 3.46. The van der Waals surface area contributed by atoms with Crippen LogP contribution in [0.25, 0.3) is 0 Å². The lowest BCUT2D eigenvalue weighted by Crippen LogP contribution is -2.47. The maximum Gasteiger partial charge on any atom is 0.261 e. The Balaban J connectivity index is 1.62. The molecule has 0 unspecified atom stereocenters. The van der Waals surface area contributed by atoms with E-state index in [9.17, 15) is 9.59 Å². The molecule has 2 N–H and O–H groups in total. The van der Waals surface area contributed by atoms with Crippen LogP contribution in [0.15, 0.2) is 48.5 Å². The highest BCUT2D eigenvalue weighted by atomic mass is 32.1. The number of carbonyl (C=O) groups is 2. The van der Waals surface area contributed by atoms with E-state index in [0.717, 1.165) is 19.5 Å². The summed E-state index contributed by atoms with van der Waals surface area (Å²) in [4.78, 5) is 29.5. The number of anilines is 1. The second-order valence-electron chi connectivity index (χ2n) is 7.43. The van der Waals surface area contributed by atoms with Gasteiger partial charge in [0.25, 0.3) is 11.8 Å². The van der Waals surface area contributed by atoms with Crippen molar-refractivity contribution in [2.24, 2.45) is 0 Å². The molecule has 8 heteroatoms. The van der Waals surface area contributed by atoms with Crippen LogP contribution in [0.2, 0.25) is 0 Å². The number of likely N-dealkylation sites (N-methyl/N-ethyl adjacent to an activating group) is 1. The van der Waals surface area contributed by atoms with Crippen molar-refractivity contribution in [1.82, 2.24) is 15.1 Å². The van der Waals surface area contributed by atoms with Crippen molar-refractivity contribution < 1.29 is 14.3 Å². The first kappa shape index (κ1) is 22.7. The van der Waals surface area contributed by atoms with Gasteiger partial charge >= 0.3 is 0 Å². The van der Waals surface area contributed by atoms with Gasteiger partial charge < -0.3 is 19.9 Å². The quantitative estimate of drug-likeness (QED) is 0.673. The third-order valence-corrected chi connectivity index (χ3v) is 5.18. The second-order valence-corrected chi connectivity index (χ2v) is 7.84. The lowest BCUT2D eigenvalue weighted by Gasteiger charge is -2.32. The van der Waals surface area contributed by atoms with Gasteiger partial charge in [0.2, 0.25) is 0 Å². The first-order valence-corrected chi connectivity index (χ1v) is 10.8. The van der Waals surface area contributed by atoms with Crippen molar-refractivity contribution >= 4 is 34.8 Å². The molecule has 2 amide bonds. The number of thiocarbonyl (C=S) groups is 1. The maximum atomic E-state index is 12.8. The lowest BCUT2D eigenvalue weighted by atomic mass is 10.1. The molecule has 2 aromatic carbocycles. The van der Waals surface area contributed by atoms with Crippen LogP contribution in [0.3, 0.4) is 0 Å². The first-order valence-electron chi connectivity index (χ1n) is 10.4. The first-order chi connectivity index (χ1) is 15.0. The summed E-state index contributed by atoms with van der Waals surface area (Å²) in [6.07, 6.45) is 0.846. The van der Waals surface area contributed by atoms with E-state index in [1.165, 1.54) is 0 Å². The molecule has 0 aromatic heterocycles. The normalized spacial score (nSPS) is 14.1. The third-order valence-electron chi connectivity index (χ3n) is 4.98. The second kappa shape index (κ2) is 10.9. The zero-order valence-electron chi connectivity index (χ0n) is 17.9. The van der Waals surface area contributed by atoms with E-state index in [0.29, 0.717) is 42.3 Å². The number of piperazine rings is 1. The Morgan fingerprint density at radius 2 is 1.81 bits per heavy atom. The fraction of sp³-hybridized carbons (Fsp3) is 0.348. The molecular formula is C23H28N4O3S. The monoisotopic (exact) mass is 440 g/mol. The van der Waals surface area contributed by atoms with Gasteiger partial charge in [0.15, 0.2) is 5.11 Å². The van der Waals surface area contributed by atoms with Crippen LogP contribution in [0.4, 0.5) is 5.69 Å². The van der Waals surface area contributed by atoms with Crippen LogP contribution >= 0.6 is 12.2 Å². The van der Waals surface area contributed by atoms with Gasteiger partial charge in [-0.1, -0.05) is 25.1 Å². The van der Waals surface area contributed by atoms with Crippen molar-refractivity contribution in [3.05, 3.63) is 59.7 Å². The molecule has 1 heterocycles. The maximum absolute atomic E-state index is 12.8. The number of hydrogen-bond donors (Lipinski definition) is 2. The summed E-state index contributed by atoms with van der Waals surface area (Å²) in [5, 5.41) is 5.82. The fourth-order valence-electron chi connectivity index (χ4n) is 3.25. The predicted octanol–water partition coefficient (Wildman–Crippen LogP) is 2.99. The van der Waals surface area contributed by atoms with Gasteiger partial charge in [0.05, 0.1) is 12.2 Å². The summed E-state index contributed by atoms with van der Waals surface area (Å²) >= 11 is 5.31. The Kier molecular flexibility index (Phi) is 7.97. The van der Waals surface area contributed by atoms with E-state index < -0.39 is 0 Å². The van der Waals surface area contributed by atoms with Crippen LogP contribution in [0.1, 0.15) is 34.1 Å². The summed E-state index contributed by atoms with van der Waals surface area (Å²) in [6.45, 7) is 5.68. The molecule has 2 aromatic rings. The Morgan fingerprint density at radius 1 is 1.06 bits per heavy atom. The summed E-state index contributed by atoms with van der Waals surface area (Å²) in [7, 11) is 2.05. The average Bonchev–Trinajstić information content (AvgIpc) is 2.78. The average molecular weight is 441 g/mol. The summed E-state index contributed by atoms with van der Waals surface area (Å²) in [5.74, 6) is 0.159. The van der Waals surface area contributed by atoms with Gasteiger partial charge in [-0.25, -0.2) is 0 Å². The number of amides is 2. The number of nitrogens with one attached hydrogen (secondary N) is 2. The molecule has 0 spiro atoms. The molecule has 1 fully saturated rings. The number of rotatable bonds is 6. The minimum atomic E-state index is -0.353. The van der Waals surface area contributed by atoms with Crippen LogP contribution in [0.5, 0.6) is 5.75 Å². The van der Waals surface area contributed by atoms with Gasteiger partial charge in [0, 0.05) is 37.4 Å². The number of para-hydroxylation sites is 1. The molecule has 1 aliphatic rings. The molecule has 164 valence electrons. The molecule has 1 saturated heterocycles. The molecular weight excluding hydrogens is 412 g/mol. The number of ether oxygens (including phenoxy) is 1. The number of nitrogens with zero attached hydrogens (tertiary/aromatic N) is 2. The van der Waals surface area contributed by atoms with Gasteiger partial charge in [-0.3, -0.25) is 14.9 Å². The molecule has 0 aliphatic carbocycles. The molecule has 31 heavy (non-hydrogen) atoms. The van der Waals surface area contributed by atoms with Crippen LogP contribution in [-0.4, -0.2) is 66.6 Å². The highest BCUT2D eigenvalue weighted by Crippen LogP contribution is 2.18. The van der Waals surface area contributed by atoms with Crippen LogP contribution in [-0.2, 0) is 0 Å². The van der Waals surface area contributed by atoms with Gasteiger partial charge in [0.1, 0.15) is 5.75 Å². The number of benzene rings is 2. The predicted molar refractivity (Wildman–Crippen MR) is 126 cm³/mol. The van der Waals surface area contributed by atoms with Gasteiger partial charge in [-0.05, 0) is 56.0 Å². The van der Waals surface area contributed by atoms with Crippen molar-refractivity contribution in [1.29, 1.82) is 0 Å². The van der Waals surface area contributed by atoms with Crippen LogP contribution < -0.4 is 15.4 Å². The smallest absolute Gasteiger partial charge is 0.261 e. The Morgan fingerprint density at radius 3 is 2.55 bits per heavy atom. The molecule has 0 atom stereocenters. The Bertz CT molecular complexity index is 942. The number of carbonyl (C=O) groups excluding carboxylic acids is 2. The molecule has 7 nitrogen and oxygen atoms in total. The molecule has 0 radical (unpaired) electrons. The van der Waals surface area contributed by atoms with Gasteiger partial charge in [-0.15, -0.1) is 0 Å². The van der Waals surface area contributed by atoms with Crippen molar-refractivity contribution in [2.75, 3.05) is 45.2 Å². The zero-order valence-corrected chi connectivity index (χ0v) is 18.7. The lowest BCUT2D eigenvalue weighted by molar-refractivity contribution is 0.0664. The SMILES string of the molecule is CCCOc1ccccc1C(=O)NC(=S)Nc1cccc(C(=O)N2CCN(C)CC2)c1. The minimum Gasteiger partial charge on any atom is -0.493 e. The third kappa shape index (κ3) is 6.26. The largest absolute Gasteiger partial charge is 0.493 e. The summed E-state index contributed by atoms with van der Waals surface area (Å²) in [5.41, 5.74) is 1.64. The van der Waals surface area contributed by atoms with Crippen LogP contribution in [0, 0.1) is 0 Å².